The third-order valence-electron chi connectivity index (χ3n) is 7.09. The van der Waals surface area contributed by atoms with Crippen molar-refractivity contribution in [1.82, 2.24) is 24.8 Å². The minimum atomic E-state index is -0.259. The number of amides is 1. The second kappa shape index (κ2) is 11.5. The zero-order valence-corrected chi connectivity index (χ0v) is 23.6. The normalized spacial score (nSPS) is 11.9. The number of pyridine rings is 2. The first-order valence-corrected chi connectivity index (χ1v) is 13.8. The Balaban J connectivity index is 1.48. The molecule has 0 aliphatic carbocycles. The van der Waals surface area contributed by atoms with Crippen LogP contribution >= 0.6 is 23.2 Å². The van der Waals surface area contributed by atoms with Crippen LogP contribution in [0.2, 0.25) is 10.0 Å². The van der Waals surface area contributed by atoms with E-state index in [1.165, 1.54) is 0 Å². The number of hydrogen-bond acceptors (Lipinski definition) is 4. The van der Waals surface area contributed by atoms with Gasteiger partial charge in [-0.2, -0.15) is 0 Å². The number of nitrogens with one attached hydrogen (secondary N) is 1. The molecule has 1 amide bonds. The molecule has 1 N–H and O–H groups in total. The van der Waals surface area contributed by atoms with Crippen LogP contribution in [0.25, 0.3) is 22.0 Å². The summed E-state index contributed by atoms with van der Waals surface area (Å²) in [6, 6.07) is 27.2. The summed E-state index contributed by atoms with van der Waals surface area (Å²) in [6.45, 7) is 0.375. The summed E-state index contributed by atoms with van der Waals surface area (Å²) >= 11 is 12.6. The van der Waals surface area contributed by atoms with Crippen LogP contribution in [0.4, 0.5) is 0 Å². The van der Waals surface area contributed by atoms with Crippen molar-refractivity contribution in [3.05, 3.63) is 148 Å². The van der Waals surface area contributed by atoms with Gasteiger partial charge in [-0.1, -0.05) is 53.5 Å². The lowest BCUT2D eigenvalue weighted by molar-refractivity contribution is 0.0946. The minimum absolute atomic E-state index is 0.0975. The number of carbonyl (C=O) groups is 1. The molecule has 0 aliphatic heterocycles. The first kappa shape index (κ1) is 26.7. The molecule has 3 aromatic carbocycles. The maximum atomic E-state index is 13.3. The largest absolute Gasteiger partial charge is 0.347 e. The average molecular weight is 579 g/mol. The van der Waals surface area contributed by atoms with Crippen molar-refractivity contribution in [3.8, 4) is 11.1 Å². The van der Waals surface area contributed by atoms with Crippen molar-refractivity contribution < 1.29 is 4.79 Å². The molecular formula is C33H25Cl2N5O. The van der Waals surface area contributed by atoms with E-state index in [2.05, 4.69) is 27.4 Å². The monoisotopic (exact) mass is 577 g/mol. The van der Waals surface area contributed by atoms with Crippen molar-refractivity contribution in [1.29, 1.82) is 0 Å². The molecule has 6 rings (SSSR count). The molecule has 0 saturated heterocycles. The molecule has 1 unspecified atom stereocenters. The highest BCUT2D eigenvalue weighted by atomic mass is 35.5. The van der Waals surface area contributed by atoms with Crippen LogP contribution in [-0.4, -0.2) is 25.4 Å². The molecule has 0 bridgehead atoms. The van der Waals surface area contributed by atoms with Gasteiger partial charge in [0.25, 0.3) is 5.91 Å². The van der Waals surface area contributed by atoms with Crippen molar-refractivity contribution in [2.75, 3.05) is 0 Å². The molecule has 6 aromatic rings. The lowest BCUT2D eigenvalue weighted by atomic mass is 9.87. The lowest BCUT2D eigenvalue weighted by Gasteiger charge is -2.20. The van der Waals surface area contributed by atoms with E-state index < -0.39 is 0 Å². The number of fused-ring (bicyclic) bond motifs is 1. The van der Waals surface area contributed by atoms with Gasteiger partial charge in [0.15, 0.2) is 0 Å². The Kier molecular flexibility index (Phi) is 7.51. The number of carbonyl (C=O) groups excluding carboxylic acids is 1. The van der Waals surface area contributed by atoms with Crippen LogP contribution in [0.15, 0.2) is 110 Å². The highest BCUT2D eigenvalue weighted by Gasteiger charge is 2.22. The molecule has 0 fully saturated rings. The van der Waals surface area contributed by atoms with Gasteiger partial charge in [0.2, 0.25) is 0 Å². The molecular weight excluding hydrogens is 553 g/mol. The maximum Gasteiger partial charge on any atom is 0.270 e. The number of benzene rings is 3. The summed E-state index contributed by atoms with van der Waals surface area (Å²) in [5, 5.41) is 5.18. The van der Waals surface area contributed by atoms with E-state index in [9.17, 15) is 4.79 Å². The van der Waals surface area contributed by atoms with Crippen molar-refractivity contribution in [3.63, 3.8) is 0 Å². The van der Waals surface area contributed by atoms with Crippen LogP contribution in [0.3, 0.4) is 0 Å². The Labute approximate surface area is 247 Å². The summed E-state index contributed by atoms with van der Waals surface area (Å²) in [4.78, 5) is 26.4. The van der Waals surface area contributed by atoms with E-state index in [-0.39, 0.29) is 11.8 Å². The molecule has 3 aromatic heterocycles. The third kappa shape index (κ3) is 5.71. The molecule has 1 atom stereocenters. The summed E-state index contributed by atoms with van der Waals surface area (Å²) in [5.74, 6) is -0.357. The van der Waals surface area contributed by atoms with E-state index in [1.807, 2.05) is 90.6 Å². The van der Waals surface area contributed by atoms with Gasteiger partial charge in [0.1, 0.15) is 5.69 Å². The topological polar surface area (TPSA) is 72.7 Å². The number of aromatic nitrogens is 4. The molecule has 6 nitrogen and oxygen atoms in total. The van der Waals surface area contributed by atoms with Gasteiger partial charge in [-0.15, -0.1) is 0 Å². The average Bonchev–Trinajstić information content (AvgIpc) is 3.42. The number of aryl methyl sites for hydroxylation is 1. The Hall–Kier alpha value is -4.52. The summed E-state index contributed by atoms with van der Waals surface area (Å²) in [6.07, 6.45) is 7.09. The second-order valence-electron chi connectivity index (χ2n) is 9.79. The predicted octanol–water partition coefficient (Wildman–Crippen LogP) is 7.45. The molecule has 3 heterocycles. The fraction of sp³-hybridized carbons (Fsp3) is 0.0909. The first-order valence-electron chi connectivity index (χ1n) is 13.1. The molecule has 0 radical (unpaired) electrons. The fourth-order valence-corrected chi connectivity index (χ4v) is 5.36. The molecule has 8 heteroatoms. The molecule has 202 valence electrons. The van der Waals surface area contributed by atoms with Gasteiger partial charge in [-0.25, -0.2) is 9.97 Å². The zero-order valence-electron chi connectivity index (χ0n) is 22.1. The standard InChI is InChI=1S/C33H25Cl2N5O/c1-40-20-37-19-31(40)32(22-5-8-25(34)9-6-22)24-7-10-29-28(16-24)27(23-3-2-4-26(35)15-23)17-30(39-29)33(41)38-18-21-11-13-36-14-12-21/h2-17,19-20,32H,18H2,1H3,(H,38,41). The van der Waals surface area contributed by atoms with Crippen molar-refractivity contribution in [2.45, 2.75) is 12.5 Å². The predicted molar refractivity (Wildman–Crippen MR) is 163 cm³/mol. The quantitative estimate of drug-likeness (QED) is 0.214. The molecule has 0 spiro atoms. The van der Waals surface area contributed by atoms with E-state index in [0.717, 1.165) is 38.9 Å². The Morgan fingerprint density at radius 3 is 2.39 bits per heavy atom. The minimum Gasteiger partial charge on any atom is -0.347 e. The van der Waals surface area contributed by atoms with Gasteiger partial charge in [-0.3, -0.25) is 9.78 Å². The van der Waals surface area contributed by atoms with Crippen LogP contribution < -0.4 is 5.32 Å². The highest BCUT2D eigenvalue weighted by molar-refractivity contribution is 6.31. The highest BCUT2D eigenvalue weighted by Crippen LogP contribution is 2.37. The zero-order chi connectivity index (χ0) is 28.3. The number of halogens is 2. The number of nitrogens with zero attached hydrogens (tertiary/aromatic N) is 4. The number of hydrogen-bond donors (Lipinski definition) is 1. The van der Waals surface area contributed by atoms with Gasteiger partial charge >= 0.3 is 0 Å². The Morgan fingerprint density at radius 1 is 0.878 bits per heavy atom. The Bertz CT molecular complexity index is 1850. The van der Waals surface area contributed by atoms with Gasteiger partial charge in [0, 0.05) is 53.3 Å². The number of imidazole rings is 1. The maximum absolute atomic E-state index is 13.3. The second-order valence-corrected chi connectivity index (χ2v) is 10.7. The first-order chi connectivity index (χ1) is 20.0. The van der Waals surface area contributed by atoms with Crippen LogP contribution in [0.5, 0.6) is 0 Å². The van der Waals surface area contributed by atoms with Crippen molar-refractivity contribution >= 4 is 40.0 Å². The van der Waals surface area contributed by atoms with E-state index in [4.69, 9.17) is 28.2 Å². The van der Waals surface area contributed by atoms with E-state index >= 15 is 0 Å². The third-order valence-corrected chi connectivity index (χ3v) is 7.58. The Morgan fingerprint density at radius 2 is 1.66 bits per heavy atom. The molecule has 0 aliphatic rings. The smallest absolute Gasteiger partial charge is 0.270 e. The molecule has 41 heavy (non-hydrogen) atoms. The summed E-state index contributed by atoms with van der Waals surface area (Å²) < 4.78 is 2.02. The van der Waals surface area contributed by atoms with Crippen LogP contribution in [-0.2, 0) is 13.6 Å². The van der Waals surface area contributed by atoms with Crippen molar-refractivity contribution in [2.24, 2.45) is 7.05 Å². The lowest BCUT2D eigenvalue weighted by Crippen LogP contribution is -2.24. The van der Waals surface area contributed by atoms with E-state index in [0.29, 0.717) is 27.8 Å². The van der Waals surface area contributed by atoms with Gasteiger partial charge < -0.3 is 9.88 Å². The fourth-order valence-electron chi connectivity index (χ4n) is 5.04. The van der Waals surface area contributed by atoms with Gasteiger partial charge in [-0.05, 0) is 82.4 Å². The molecule has 0 saturated carbocycles. The van der Waals surface area contributed by atoms with Gasteiger partial charge in [0.05, 0.1) is 17.8 Å². The summed E-state index contributed by atoms with van der Waals surface area (Å²) in [5.41, 5.74) is 6.94. The number of rotatable bonds is 7. The SMILES string of the molecule is Cn1cncc1C(c1ccc(Cl)cc1)c1ccc2nc(C(=O)NCc3ccncc3)cc(-c3cccc(Cl)c3)c2c1. The van der Waals surface area contributed by atoms with E-state index in [1.54, 1.807) is 18.7 Å². The van der Waals surface area contributed by atoms with Crippen LogP contribution in [0.1, 0.15) is 38.8 Å². The van der Waals surface area contributed by atoms with Crippen LogP contribution in [0, 0.1) is 0 Å². The summed E-state index contributed by atoms with van der Waals surface area (Å²) in [7, 11) is 1.99.